The number of anilines is 1. The molecule has 0 spiro atoms. The first-order chi connectivity index (χ1) is 13.5. The zero-order valence-electron chi connectivity index (χ0n) is 16.0. The van der Waals surface area contributed by atoms with E-state index in [-0.39, 0.29) is 30.2 Å². The average Bonchev–Trinajstić information content (AvgIpc) is 3.13. The van der Waals surface area contributed by atoms with Gasteiger partial charge in [-0.15, -0.1) is 0 Å². The normalized spacial score (nSPS) is 19.2. The van der Waals surface area contributed by atoms with Crippen molar-refractivity contribution in [1.29, 1.82) is 0 Å². The fraction of sp³-hybridized carbons (Fsp3) is 0.261. The molecule has 142 valence electrons. The molecule has 0 radical (unpaired) electrons. The lowest BCUT2D eigenvalue weighted by Crippen LogP contribution is -2.34. The average molecular weight is 374 g/mol. The second-order valence-electron chi connectivity index (χ2n) is 7.40. The highest BCUT2D eigenvalue weighted by molar-refractivity contribution is 6.38. The molecule has 0 saturated carbocycles. The van der Waals surface area contributed by atoms with Gasteiger partial charge in [-0.25, -0.2) is 0 Å². The van der Waals surface area contributed by atoms with Crippen molar-refractivity contribution in [3.8, 4) is 0 Å². The number of carbonyl (C=O) groups excluding carboxylic acids is 3. The Balaban J connectivity index is 1.67. The predicted octanol–water partition coefficient (Wildman–Crippen LogP) is 3.20. The standard InChI is InChI=1S/C23H22N2O3/c1-15(2)25-19-11-7-6-10-17(19)21(23(25)28)18-14-20(26)24(22(18)27)13-12-16-8-4-3-5-9-16/h3-11,15H,12-14H2,1-2H3. The molecular weight excluding hydrogens is 352 g/mol. The topological polar surface area (TPSA) is 57.7 Å². The van der Waals surface area contributed by atoms with Crippen LogP contribution in [0.2, 0.25) is 0 Å². The van der Waals surface area contributed by atoms with Crippen LogP contribution >= 0.6 is 0 Å². The number of hydrogen-bond donors (Lipinski definition) is 0. The second kappa shape index (κ2) is 7.08. The smallest absolute Gasteiger partial charge is 0.259 e. The maximum absolute atomic E-state index is 13.1. The van der Waals surface area contributed by atoms with Gasteiger partial charge in [0, 0.05) is 23.7 Å². The minimum atomic E-state index is -0.343. The molecule has 2 aromatic rings. The zero-order chi connectivity index (χ0) is 19.8. The summed E-state index contributed by atoms with van der Waals surface area (Å²) in [5.41, 5.74) is 3.30. The molecule has 0 atom stereocenters. The third-order valence-electron chi connectivity index (χ3n) is 5.28. The Morgan fingerprint density at radius 2 is 1.57 bits per heavy atom. The van der Waals surface area contributed by atoms with Crippen molar-refractivity contribution in [1.82, 2.24) is 4.90 Å². The lowest BCUT2D eigenvalue weighted by molar-refractivity contribution is -0.137. The number of para-hydroxylation sites is 1. The fourth-order valence-corrected chi connectivity index (χ4v) is 3.95. The summed E-state index contributed by atoms with van der Waals surface area (Å²) in [6.45, 7) is 4.20. The molecule has 0 aromatic heterocycles. The summed E-state index contributed by atoms with van der Waals surface area (Å²) in [5.74, 6) is -0.779. The first kappa shape index (κ1) is 18.2. The Morgan fingerprint density at radius 3 is 2.29 bits per heavy atom. The molecule has 0 bridgehead atoms. The molecule has 2 aliphatic heterocycles. The molecule has 5 nitrogen and oxygen atoms in total. The van der Waals surface area contributed by atoms with Gasteiger partial charge in [0.15, 0.2) is 0 Å². The molecular formula is C23H22N2O3. The molecule has 28 heavy (non-hydrogen) atoms. The molecule has 0 N–H and O–H groups in total. The summed E-state index contributed by atoms with van der Waals surface area (Å²) in [6, 6.07) is 17.2. The van der Waals surface area contributed by atoms with E-state index in [1.54, 1.807) is 4.90 Å². The molecule has 2 aliphatic rings. The quantitative estimate of drug-likeness (QED) is 0.610. The first-order valence-electron chi connectivity index (χ1n) is 9.53. The number of rotatable bonds is 4. The van der Waals surface area contributed by atoms with Crippen LogP contribution < -0.4 is 4.90 Å². The highest BCUT2D eigenvalue weighted by Crippen LogP contribution is 2.41. The van der Waals surface area contributed by atoms with Crippen LogP contribution in [-0.4, -0.2) is 35.2 Å². The number of fused-ring (bicyclic) bond motifs is 1. The Labute approximate surface area is 164 Å². The van der Waals surface area contributed by atoms with Gasteiger partial charge >= 0.3 is 0 Å². The SMILES string of the molecule is CC(C)N1C(=O)C(=C2CC(=O)N(CCc3ccccc3)C2=O)c2ccccc21. The van der Waals surface area contributed by atoms with Crippen molar-refractivity contribution in [3.05, 3.63) is 71.3 Å². The van der Waals surface area contributed by atoms with Gasteiger partial charge in [-0.05, 0) is 31.9 Å². The molecule has 0 unspecified atom stereocenters. The third kappa shape index (κ3) is 2.93. The number of amides is 3. The van der Waals surface area contributed by atoms with Crippen molar-refractivity contribution in [2.45, 2.75) is 32.7 Å². The minimum absolute atomic E-state index is 0.0189. The third-order valence-corrected chi connectivity index (χ3v) is 5.28. The van der Waals surface area contributed by atoms with Crippen LogP contribution in [0.3, 0.4) is 0 Å². The monoisotopic (exact) mass is 374 g/mol. The van der Waals surface area contributed by atoms with Crippen LogP contribution in [0.25, 0.3) is 5.57 Å². The summed E-state index contributed by atoms with van der Waals surface area (Å²) in [5, 5.41) is 0. The Morgan fingerprint density at radius 1 is 0.893 bits per heavy atom. The van der Waals surface area contributed by atoms with Crippen LogP contribution in [0.1, 0.15) is 31.4 Å². The van der Waals surface area contributed by atoms with Gasteiger partial charge in [-0.1, -0.05) is 48.5 Å². The Bertz CT molecular complexity index is 992. The van der Waals surface area contributed by atoms with E-state index in [1.165, 1.54) is 4.90 Å². The van der Waals surface area contributed by atoms with E-state index >= 15 is 0 Å². The van der Waals surface area contributed by atoms with Gasteiger partial charge < -0.3 is 4.90 Å². The predicted molar refractivity (Wildman–Crippen MR) is 107 cm³/mol. The van der Waals surface area contributed by atoms with E-state index in [0.717, 1.165) is 16.8 Å². The van der Waals surface area contributed by atoms with E-state index in [2.05, 4.69) is 0 Å². The van der Waals surface area contributed by atoms with Crippen LogP contribution in [0.5, 0.6) is 0 Å². The maximum Gasteiger partial charge on any atom is 0.259 e. The van der Waals surface area contributed by atoms with Gasteiger partial charge in [0.2, 0.25) is 5.91 Å². The summed E-state index contributed by atoms with van der Waals surface area (Å²) in [6.07, 6.45) is 0.582. The van der Waals surface area contributed by atoms with Crippen molar-refractivity contribution < 1.29 is 14.4 Å². The van der Waals surface area contributed by atoms with Crippen molar-refractivity contribution in [2.75, 3.05) is 11.4 Å². The van der Waals surface area contributed by atoms with E-state index < -0.39 is 0 Å². The molecule has 2 heterocycles. The lowest BCUT2D eigenvalue weighted by Gasteiger charge is -2.21. The Kier molecular flexibility index (Phi) is 4.59. The van der Waals surface area contributed by atoms with Crippen molar-refractivity contribution in [2.24, 2.45) is 0 Å². The van der Waals surface area contributed by atoms with E-state index in [1.807, 2.05) is 68.4 Å². The summed E-state index contributed by atoms with van der Waals surface area (Å²) < 4.78 is 0. The largest absolute Gasteiger partial charge is 0.305 e. The van der Waals surface area contributed by atoms with Crippen LogP contribution in [-0.2, 0) is 20.8 Å². The highest BCUT2D eigenvalue weighted by atomic mass is 16.2. The molecule has 1 saturated heterocycles. The Hall–Kier alpha value is -3.21. The second-order valence-corrected chi connectivity index (χ2v) is 7.40. The molecule has 4 rings (SSSR count). The molecule has 2 aromatic carbocycles. The van der Waals surface area contributed by atoms with Crippen LogP contribution in [0.15, 0.2) is 60.2 Å². The van der Waals surface area contributed by atoms with Crippen LogP contribution in [0.4, 0.5) is 5.69 Å². The van der Waals surface area contributed by atoms with Gasteiger partial charge in [0.05, 0.1) is 17.7 Å². The zero-order valence-corrected chi connectivity index (χ0v) is 16.0. The maximum atomic E-state index is 13.1. The van der Waals surface area contributed by atoms with E-state index in [9.17, 15) is 14.4 Å². The number of nitrogens with zero attached hydrogens (tertiary/aromatic N) is 2. The summed E-state index contributed by atoms with van der Waals surface area (Å²) in [4.78, 5) is 41.7. The van der Waals surface area contributed by atoms with Crippen molar-refractivity contribution in [3.63, 3.8) is 0 Å². The van der Waals surface area contributed by atoms with Gasteiger partial charge in [-0.2, -0.15) is 0 Å². The number of benzene rings is 2. The number of likely N-dealkylation sites (tertiary alicyclic amines) is 1. The highest BCUT2D eigenvalue weighted by Gasteiger charge is 2.42. The van der Waals surface area contributed by atoms with Crippen LogP contribution in [0, 0.1) is 0 Å². The van der Waals surface area contributed by atoms with E-state index in [0.29, 0.717) is 24.1 Å². The fourth-order valence-electron chi connectivity index (χ4n) is 3.95. The molecule has 1 fully saturated rings. The molecule has 5 heteroatoms. The van der Waals surface area contributed by atoms with Gasteiger partial charge in [0.25, 0.3) is 11.8 Å². The number of imide groups is 1. The van der Waals surface area contributed by atoms with E-state index in [4.69, 9.17) is 0 Å². The minimum Gasteiger partial charge on any atom is -0.305 e. The summed E-state index contributed by atoms with van der Waals surface area (Å²) in [7, 11) is 0. The molecule has 0 aliphatic carbocycles. The van der Waals surface area contributed by atoms with Gasteiger partial charge in [-0.3, -0.25) is 19.3 Å². The number of carbonyl (C=O) groups is 3. The van der Waals surface area contributed by atoms with Crippen molar-refractivity contribution >= 4 is 29.0 Å². The first-order valence-corrected chi connectivity index (χ1v) is 9.53. The molecule has 3 amide bonds. The lowest BCUT2D eigenvalue weighted by atomic mass is 10.00. The summed E-state index contributed by atoms with van der Waals surface area (Å²) >= 11 is 0. The number of hydrogen-bond acceptors (Lipinski definition) is 3. The van der Waals surface area contributed by atoms with Gasteiger partial charge in [0.1, 0.15) is 0 Å².